The molecule has 2 aromatic carbocycles. The van der Waals surface area contributed by atoms with Crippen LogP contribution >= 0.6 is 0 Å². The van der Waals surface area contributed by atoms with Crippen molar-refractivity contribution in [2.24, 2.45) is 0 Å². The summed E-state index contributed by atoms with van der Waals surface area (Å²) < 4.78 is 19.9. The van der Waals surface area contributed by atoms with E-state index in [-0.39, 0.29) is 24.7 Å². The highest BCUT2D eigenvalue weighted by molar-refractivity contribution is 5.89. The minimum absolute atomic E-state index is 0.0361. The van der Waals surface area contributed by atoms with Crippen LogP contribution in [0.15, 0.2) is 47.1 Å². The maximum atomic E-state index is 14.1. The predicted molar refractivity (Wildman–Crippen MR) is 110 cm³/mol. The smallest absolute Gasteiger partial charge is 0.227 e. The number of aryl methyl sites for hydroxylation is 2. The molecule has 0 aliphatic heterocycles. The van der Waals surface area contributed by atoms with Crippen molar-refractivity contribution in [3.63, 3.8) is 0 Å². The number of amides is 1. The van der Waals surface area contributed by atoms with Crippen LogP contribution in [-0.2, 0) is 17.8 Å². The summed E-state index contributed by atoms with van der Waals surface area (Å²) in [6.07, 6.45) is 1.90. The highest BCUT2D eigenvalue weighted by Crippen LogP contribution is 2.27. The van der Waals surface area contributed by atoms with Crippen molar-refractivity contribution in [3.8, 4) is 0 Å². The Morgan fingerprint density at radius 3 is 2.50 bits per heavy atom. The zero-order valence-corrected chi connectivity index (χ0v) is 17.0. The monoisotopic (exact) mass is 382 g/mol. The summed E-state index contributed by atoms with van der Waals surface area (Å²) >= 11 is 0. The fourth-order valence-corrected chi connectivity index (χ4v) is 3.24. The molecule has 148 valence electrons. The second-order valence-electron chi connectivity index (χ2n) is 7.53. The van der Waals surface area contributed by atoms with Gasteiger partial charge in [0.15, 0.2) is 0 Å². The number of carbonyl (C=O) groups excluding carboxylic acids is 1. The number of halogens is 1. The number of hydrogen-bond donors (Lipinski definition) is 0. The highest BCUT2D eigenvalue weighted by atomic mass is 19.1. The van der Waals surface area contributed by atoms with E-state index in [9.17, 15) is 9.18 Å². The van der Waals surface area contributed by atoms with Crippen molar-refractivity contribution in [2.75, 3.05) is 27.2 Å². The number of carbonyl (C=O) groups is 1. The first-order valence-electron chi connectivity index (χ1n) is 9.49. The molecule has 0 aliphatic carbocycles. The van der Waals surface area contributed by atoms with Crippen LogP contribution in [0.3, 0.4) is 0 Å². The van der Waals surface area contributed by atoms with Crippen molar-refractivity contribution in [3.05, 3.63) is 70.7 Å². The van der Waals surface area contributed by atoms with Gasteiger partial charge in [-0.25, -0.2) is 4.39 Å². The van der Waals surface area contributed by atoms with Gasteiger partial charge in [-0.2, -0.15) is 0 Å². The predicted octanol–water partition coefficient (Wildman–Crippen LogP) is 4.32. The molecule has 4 nitrogen and oxygen atoms in total. The summed E-state index contributed by atoms with van der Waals surface area (Å²) in [6, 6.07) is 10.7. The Bertz CT molecular complexity index is 978. The fraction of sp³-hybridized carbons (Fsp3) is 0.348. The number of rotatable bonds is 7. The minimum atomic E-state index is -0.287. The first-order valence-corrected chi connectivity index (χ1v) is 9.49. The Labute approximate surface area is 165 Å². The van der Waals surface area contributed by atoms with Crippen molar-refractivity contribution >= 4 is 16.9 Å². The Morgan fingerprint density at radius 1 is 1.04 bits per heavy atom. The third-order valence-electron chi connectivity index (χ3n) is 5.17. The van der Waals surface area contributed by atoms with Crippen LogP contribution < -0.4 is 0 Å². The maximum Gasteiger partial charge on any atom is 0.227 e. The molecule has 0 N–H and O–H groups in total. The van der Waals surface area contributed by atoms with E-state index in [1.807, 2.05) is 45.0 Å². The summed E-state index contributed by atoms with van der Waals surface area (Å²) in [6.45, 7) is 5.57. The minimum Gasteiger partial charge on any atom is -0.464 e. The Hall–Kier alpha value is -2.66. The van der Waals surface area contributed by atoms with Gasteiger partial charge >= 0.3 is 0 Å². The Balaban J connectivity index is 1.83. The zero-order valence-electron chi connectivity index (χ0n) is 17.0. The van der Waals surface area contributed by atoms with E-state index < -0.39 is 0 Å². The number of likely N-dealkylation sites (N-methyl/N-ethyl adjacent to an activating group) is 1. The average molecular weight is 382 g/mol. The lowest BCUT2D eigenvalue weighted by molar-refractivity contribution is -0.131. The lowest BCUT2D eigenvalue weighted by Crippen LogP contribution is -2.37. The summed E-state index contributed by atoms with van der Waals surface area (Å²) in [4.78, 5) is 16.8. The van der Waals surface area contributed by atoms with Crippen LogP contribution in [0.1, 0.15) is 22.3 Å². The van der Waals surface area contributed by atoms with Gasteiger partial charge in [0.25, 0.3) is 0 Å². The molecular formula is C23H27FN2O2. The molecule has 1 aromatic heterocycles. The third-order valence-corrected chi connectivity index (χ3v) is 5.17. The van der Waals surface area contributed by atoms with Gasteiger partial charge in [0.05, 0.1) is 12.7 Å². The average Bonchev–Trinajstić information content (AvgIpc) is 3.06. The quantitative estimate of drug-likeness (QED) is 0.611. The van der Waals surface area contributed by atoms with E-state index in [0.717, 1.165) is 27.7 Å². The maximum absolute atomic E-state index is 14.1. The largest absolute Gasteiger partial charge is 0.464 e. The van der Waals surface area contributed by atoms with Gasteiger partial charge < -0.3 is 14.2 Å². The van der Waals surface area contributed by atoms with E-state index >= 15 is 0 Å². The van der Waals surface area contributed by atoms with E-state index in [1.54, 1.807) is 29.4 Å². The van der Waals surface area contributed by atoms with E-state index in [0.29, 0.717) is 18.7 Å². The van der Waals surface area contributed by atoms with Crippen LogP contribution in [0.5, 0.6) is 0 Å². The van der Waals surface area contributed by atoms with E-state index in [4.69, 9.17) is 4.42 Å². The highest BCUT2D eigenvalue weighted by Gasteiger charge is 2.19. The molecule has 0 saturated carbocycles. The summed E-state index contributed by atoms with van der Waals surface area (Å²) in [5.74, 6) is -0.323. The summed E-state index contributed by atoms with van der Waals surface area (Å²) in [5.41, 5.74) is 4.47. The van der Waals surface area contributed by atoms with Gasteiger partial charge in [-0.05, 0) is 45.1 Å². The lowest BCUT2D eigenvalue weighted by atomic mass is 10.0. The molecule has 1 amide bonds. The molecular weight excluding hydrogens is 355 g/mol. The topological polar surface area (TPSA) is 36.7 Å². The van der Waals surface area contributed by atoms with Crippen LogP contribution in [-0.4, -0.2) is 42.9 Å². The van der Waals surface area contributed by atoms with Crippen LogP contribution in [0.2, 0.25) is 0 Å². The lowest BCUT2D eigenvalue weighted by Gasteiger charge is -2.25. The van der Waals surface area contributed by atoms with Crippen molar-refractivity contribution in [2.45, 2.75) is 26.8 Å². The molecule has 0 aliphatic rings. The second kappa shape index (κ2) is 8.57. The molecule has 0 atom stereocenters. The molecule has 0 fully saturated rings. The number of fused-ring (bicyclic) bond motifs is 1. The molecule has 3 aromatic rings. The fourth-order valence-electron chi connectivity index (χ4n) is 3.24. The van der Waals surface area contributed by atoms with Crippen molar-refractivity contribution in [1.29, 1.82) is 0 Å². The number of benzene rings is 2. The van der Waals surface area contributed by atoms with E-state index in [1.165, 1.54) is 6.07 Å². The molecule has 3 rings (SSSR count). The van der Waals surface area contributed by atoms with Gasteiger partial charge in [-0.15, -0.1) is 0 Å². The van der Waals surface area contributed by atoms with Crippen molar-refractivity contribution in [1.82, 2.24) is 9.80 Å². The zero-order chi connectivity index (χ0) is 20.3. The van der Waals surface area contributed by atoms with Gasteiger partial charge in [0, 0.05) is 36.1 Å². The number of furan rings is 1. The van der Waals surface area contributed by atoms with Gasteiger partial charge in [-0.3, -0.25) is 4.79 Å². The first-order chi connectivity index (χ1) is 13.4. The molecule has 28 heavy (non-hydrogen) atoms. The van der Waals surface area contributed by atoms with Crippen LogP contribution in [0.25, 0.3) is 11.0 Å². The van der Waals surface area contributed by atoms with Crippen LogP contribution in [0, 0.1) is 19.7 Å². The van der Waals surface area contributed by atoms with Gasteiger partial charge in [0.2, 0.25) is 5.91 Å². The second-order valence-corrected chi connectivity index (χ2v) is 7.53. The standard InChI is InChI=1S/C23H27FN2O2/c1-16-9-10-20-19(15-28-23(20)17(16)2)13-22(27)26(12-11-25(3)4)14-18-7-5-6-8-21(18)24/h5-10,15H,11-14H2,1-4H3. The summed E-state index contributed by atoms with van der Waals surface area (Å²) in [7, 11) is 3.92. The molecule has 1 heterocycles. The SMILES string of the molecule is Cc1ccc2c(CC(=O)N(CCN(C)C)Cc3ccccc3F)coc2c1C. The molecule has 0 unspecified atom stereocenters. The van der Waals surface area contributed by atoms with Crippen LogP contribution in [0.4, 0.5) is 4.39 Å². The van der Waals surface area contributed by atoms with E-state index in [2.05, 4.69) is 0 Å². The molecule has 0 spiro atoms. The van der Waals surface area contributed by atoms with Crippen molar-refractivity contribution < 1.29 is 13.6 Å². The van der Waals surface area contributed by atoms with Gasteiger partial charge in [-0.1, -0.05) is 30.3 Å². The molecule has 0 saturated heterocycles. The molecule has 0 bridgehead atoms. The Kier molecular flexibility index (Phi) is 6.15. The number of hydrogen-bond acceptors (Lipinski definition) is 3. The molecule has 0 radical (unpaired) electrons. The normalized spacial score (nSPS) is 11.4. The van der Waals surface area contributed by atoms with Gasteiger partial charge in [0.1, 0.15) is 11.4 Å². The molecule has 5 heteroatoms. The number of nitrogens with zero attached hydrogens (tertiary/aromatic N) is 2. The first kappa shape index (κ1) is 20.1. The summed E-state index contributed by atoms with van der Waals surface area (Å²) in [5, 5.41) is 0.968. The third kappa shape index (κ3) is 4.42. The Morgan fingerprint density at radius 2 is 1.79 bits per heavy atom.